The molecule has 4 rings (SSSR count). The molecular formula is C18H10F2N6O. The van der Waals surface area contributed by atoms with Gasteiger partial charge >= 0.3 is 0 Å². The number of hydrogen-bond donors (Lipinski definition) is 1. The molecule has 9 heteroatoms. The van der Waals surface area contributed by atoms with Crippen LogP contribution in [0.3, 0.4) is 0 Å². The van der Waals surface area contributed by atoms with Crippen molar-refractivity contribution in [1.29, 1.82) is 5.26 Å². The van der Waals surface area contributed by atoms with Crippen molar-refractivity contribution in [2.45, 2.75) is 6.54 Å². The average Bonchev–Trinajstić information content (AvgIpc) is 3.01. The van der Waals surface area contributed by atoms with Gasteiger partial charge in [0.15, 0.2) is 11.5 Å². The predicted molar refractivity (Wildman–Crippen MR) is 90.4 cm³/mol. The number of hydrogen-bond acceptors (Lipinski definition) is 6. The Kier molecular flexibility index (Phi) is 3.93. The van der Waals surface area contributed by atoms with Crippen LogP contribution in [-0.4, -0.2) is 29.8 Å². The van der Waals surface area contributed by atoms with Crippen LogP contribution in [0.4, 0.5) is 8.78 Å². The summed E-state index contributed by atoms with van der Waals surface area (Å²) in [5, 5.41) is 23.3. The van der Waals surface area contributed by atoms with Crippen LogP contribution in [0.1, 0.15) is 11.1 Å². The maximum absolute atomic E-state index is 14.0. The second kappa shape index (κ2) is 6.42. The highest BCUT2D eigenvalue weighted by molar-refractivity contribution is 5.89. The van der Waals surface area contributed by atoms with E-state index in [1.54, 1.807) is 24.3 Å². The quantitative estimate of drug-likeness (QED) is 0.600. The fraction of sp³-hybridized carbons (Fsp3) is 0.0556. The first kappa shape index (κ1) is 16.5. The molecule has 27 heavy (non-hydrogen) atoms. The molecule has 0 saturated heterocycles. The number of aromatic hydroxyl groups is 1. The van der Waals surface area contributed by atoms with Crippen LogP contribution in [0.5, 0.6) is 5.88 Å². The molecule has 3 heterocycles. The van der Waals surface area contributed by atoms with Crippen molar-refractivity contribution in [1.82, 2.24) is 24.7 Å². The summed E-state index contributed by atoms with van der Waals surface area (Å²) < 4.78 is 29.1. The van der Waals surface area contributed by atoms with Gasteiger partial charge in [0, 0.05) is 5.56 Å². The molecule has 0 aliphatic heterocycles. The SMILES string of the molecule is N#Cc1cnc(-c2nn(Cc3ccccc3F)c3ncc(F)cc23)nc1O. The van der Waals surface area contributed by atoms with Crippen LogP contribution >= 0.6 is 0 Å². The monoisotopic (exact) mass is 364 g/mol. The zero-order chi connectivity index (χ0) is 19.0. The van der Waals surface area contributed by atoms with Gasteiger partial charge in [0.2, 0.25) is 5.88 Å². The first-order valence-corrected chi connectivity index (χ1v) is 7.79. The minimum absolute atomic E-state index is 0.00353. The molecule has 7 nitrogen and oxygen atoms in total. The van der Waals surface area contributed by atoms with Gasteiger partial charge in [-0.05, 0) is 12.1 Å². The van der Waals surface area contributed by atoms with Gasteiger partial charge in [0.25, 0.3) is 0 Å². The standard InChI is InChI=1S/C18H10F2N6O/c19-12-5-13-15(16-22-7-11(6-21)18(27)24-16)25-26(17(13)23-8-12)9-10-3-1-2-4-14(10)20/h1-5,7-8H,9H2,(H,22,24,27). The number of rotatable bonds is 3. The number of halogens is 2. The van der Waals surface area contributed by atoms with Gasteiger partial charge in [-0.25, -0.2) is 23.4 Å². The van der Waals surface area contributed by atoms with Crippen LogP contribution < -0.4 is 0 Å². The molecule has 3 aromatic heterocycles. The molecule has 0 radical (unpaired) electrons. The zero-order valence-corrected chi connectivity index (χ0v) is 13.6. The highest BCUT2D eigenvalue weighted by Gasteiger charge is 2.19. The molecule has 4 aromatic rings. The van der Waals surface area contributed by atoms with Crippen LogP contribution in [0.15, 0.2) is 42.7 Å². The highest BCUT2D eigenvalue weighted by Crippen LogP contribution is 2.27. The molecule has 0 fully saturated rings. The third kappa shape index (κ3) is 2.93. The maximum Gasteiger partial charge on any atom is 0.232 e. The number of nitriles is 1. The summed E-state index contributed by atoms with van der Waals surface area (Å²) in [6.07, 6.45) is 2.18. The van der Waals surface area contributed by atoms with E-state index < -0.39 is 17.5 Å². The third-order valence-corrected chi connectivity index (χ3v) is 3.93. The number of fused-ring (bicyclic) bond motifs is 1. The van der Waals surface area contributed by atoms with Gasteiger partial charge in [-0.1, -0.05) is 18.2 Å². The van der Waals surface area contributed by atoms with E-state index in [0.29, 0.717) is 16.6 Å². The Labute approximate surface area is 151 Å². The first-order valence-electron chi connectivity index (χ1n) is 7.79. The number of pyridine rings is 1. The molecule has 1 N–H and O–H groups in total. The number of benzene rings is 1. The van der Waals surface area contributed by atoms with Crippen molar-refractivity contribution in [3.05, 3.63) is 65.5 Å². The van der Waals surface area contributed by atoms with Crippen molar-refractivity contribution in [2.24, 2.45) is 0 Å². The van der Waals surface area contributed by atoms with Gasteiger partial charge in [-0.3, -0.25) is 0 Å². The summed E-state index contributed by atoms with van der Waals surface area (Å²) in [5.41, 5.74) is 0.747. The minimum Gasteiger partial charge on any atom is -0.492 e. The lowest BCUT2D eigenvalue weighted by Crippen LogP contribution is -2.05. The number of aromatic nitrogens is 5. The summed E-state index contributed by atoms with van der Waals surface area (Å²) in [6, 6.07) is 9.17. The van der Waals surface area contributed by atoms with Gasteiger partial charge in [-0.15, -0.1) is 0 Å². The zero-order valence-electron chi connectivity index (χ0n) is 13.6. The molecule has 0 spiro atoms. The summed E-state index contributed by atoms with van der Waals surface area (Å²) in [7, 11) is 0. The molecule has 1 aromatic carbocycles. The molecule has 0 unspecified atom stereocenters. The van der Waals surface area contributed by atoms with Crippen molar-refractivity contribution in [3.63, 3.8) is 0 Å². The van der Waals surface area contributed by atoms with E-state index in [-0.39, 0.29) is 23.6 Å². The van der Waals surface area contributed by atoms with Crippen LogP contribution in [-0.2, 0) is 6.54 Å². The predicted octanol–water partition coefficient (Wildman–Crippen LogP) is 2.79. The summed E-state index contributed by atoms with van der Waals surface area (Å²) in [6.45, 7) is 0.0596. The maximum atomic E-state index is 14.0. The molecule has 0 bridgehead atoms. The summed E-state index contributed by atoms with van der Waals surface area (Å²) in [5.74, 6) is -1.51. The Balaban J connectivity index is 1.89. The summed E-state index contributed by atoms with van der Waals surface area (Å²) >= 11 is 0. The van der Waals surface area contributed by atoms with Crippen molar-refractivity contribution >= 4 is 11.0 Å². The van der Waals surface area contributed by atoms with Crippen molar-refractivity contribution in [2.75, 3.05) is 0 Å². The van der Waals surface area contributed by atoms with Crippen molar-refractivity contribution < 1.29 is 13.9 Å². The van der Waals surface area contributed by atoms with Gasteiger partial charge in [0.05, 0.1) is 24.3 Å². The Morgan fingerprint density at radius 1 is 1.15 bits per heavy atom. The normalized spacial score (nSPS) is 10.9. The van der Waals surface area contributed by atoms with Crippen LogP contribution in [0, 0.1) is 23.0 Å². The summed E-state index contributed by atoms with van der Waals surface area (Å²) in [4.78, 5) is 11.9. The fourth-order valence-electron chi connectivity index (χ4n) is 2.66. The largest absolute Gasteiger partial charge is 0.492 e. The first-order chi connectivity index (χ1) is 13.1. The molecule has 0 aliphatic rings. The Morgan fingerprint density at radius 2 is 1.96 bits per heavy atom. The Bertz CT molecular complexity index is 1210. The van der Waals surface area contributed by atoms with E-state index in [4.69, 9.17) is 5.26 Å². The number of nitrogens with zero attached hydrogens (tertiary/aromatic N) is 6. The molecule has 0 saturated carbocycles. The van der Waals surface area contributed by atoms with Gasteiger partial charge in [0.1, 0.15) is 29.0 Å². The van der Waals surface area contributed by atoms with E-state index in [0.717, 1.165) is 12.4 Å². The Morgan fingerprint density at radius 3 is 2.70 bits per heavy atom. The lowest BCUT2D eigenvalue weighted by molar-refractivity contribution is 0.450. The Hall–Kier alpha value is -3.93. The van der Waals surface area contributed by atoms with E-state index >= 15 is 0 Å². The lowest BCUT2D eigenvalue weighted by atomic mass is 10.2. The average molecular weight is 364 g/mol. The van der Waals surface area contributed by atoms with E-state index in [1.165, 1.54) is 16.8 Å². The van der Waals surface area contributed by atoms with Crippen LogP contribution in [0.25, 0.3) is 22.6 Å². The molecule has 0 amide bonds. The molecule has 132 valence electrons. The van der Waals surface area contributed by atoms with Gasteiger partial charge in [-0.2, -0.15) is 15.3 Å². The smallest absolute Gasteiger partial charge is 0.232 e. The van der Waals surface area contributed by atoms with Crippen molar-refractivity contribution in [3.8, 4) is 23.5 Å². The molecule has 0 atom stereocenters. The van der Waals surface area contributed by atoms with E-state index in [9.17, 15) is 13.9 Å². The lowest BCUT2D eigenvalue weighted by Gasteiger charge is -2.04. The topological polar surface area (TPSA) is 101 Å². The molecular weight excluding hydrogens is 354 g/mol. The van der Waals surface area contributed by atoms with E-state index in [2.05, 4.69) is 20.1 Å². The van der Waals surface area contributed by atoms with Gasteiger partial charge < -0.3 is 5.11 Å². The second-order valence-electron chi connectivity index (χ2n) is 5.67. The fourth-order valence-corrected chi connectivity index (χ4v) is 2.66. The van der Waals surface area contributed by atoms with Crippen LogP contribution in [0.2, 0.25) is 0 Å². The second-order valence-corrected chi connectivity index (χ2v) is 5.67. The minimum atomic E-state index is -0.591. The van der Waals surface area contributed by atoms with E-state index in [1.807, 2.05) is 0 Å². The molecule has 0 aliphatic carbocycles. The highest BCUT2D eigenvalue weighted by atomic mass is 19.1. The third-order valence-electron chi connectivity index (χ3n) is 3.93.